The quantitative estimate of drug-likeness (QED) is 0.212. The van der Waals surface area contributed by atoms with E-state index in [0.29, 0.717) is 19.6 Å². The lowest BCUT2D eigenvalue weighted by Crippen LogP contribution is -2.33. The van der Waals surface area contributed by atoms with Gasteiger partial charge in [0.25, 0.3) is 0 Å². The average molecular weight is 464 g/mol. The lowest BCUT2D eigenvalue weighted by atomic mass is 10.0. The Morgan fingerprint density at radius 1 is 0.853 bits per heavy atom. The molecule has 0 bridgehead atoms. The molecule has 3 aromatic carbocycles. The lowest BCUT2D eigenvalue weighted by molar-refractivity contribution is -0.193. The van der Waals surface area contributed by atoms with Gasteiger partial charge in [0.15, 0.2) is 6.10 Å². The molecule has 6 nitrogen and oxygen atoms in total. The van der Waals surface area contributed by atoms with Gasteiger partial charge in [0, 0.05) is 26.9 Å². The predicted octanol–water partition coefficient (Wildman–Crippen LogP) is 5.09. The number of hydrogen-bond donors (Lipinski definition) is 0. The number of methoxy groups -OCH3 is 1. The number of benzene rings is 3. The van der Waals surface area contributed by atoms with E-state index in [9.17, 15) is 4.79 Å². The van der Waals surface area contributed by atoms with Crippen LogP contribution in [0.4, 0.5) is 0 Å². The molecule has 0 saturated carbocycles. The van der Waals surface area contributed by atoms with Gasteiger partial charge in [-0.15, -0.1) is 0 Å². The van der Waals surface area contributed by atoms with E-state index in [1.807, 2.05) is 55.5 Å². The van der Waals surface area contributed by atoms with Gasteiger partial charge in [-0.05, 0) is 53.4 Å². The average Bonchev–Trinajstić information content (AvgIpc) is 2.85. The van der Waals surface area contributed by atoms with E-state index in [-0.39, 0.29) is 0 Å². The maximum absolute atomic E-state index is 12.1. The van der Waals surface area contributed by atoms with Crippen molar-refractivity contribution in [2.45, 2.75) is 25.9 Å². The zero-order chi connectivity index (χ0) is 24.3. The van der Waals surface area contributed by atoms with Crippen molar-refractivity contribution in [3.8, 4) is 22.6 Å². The van der Waals surface area contributed by atoms with E-state index in [2.05, 4.69) is 24.3 Å². The van der Waals surface area contributed by atoms with E-state index in [1.165, 1.54) is 17.7 Å². The topological polar surface area (TPSA) is 57.2 Å². The largest absolute Gasteiger partial charge is 0.493 e. The highest BCUT2D eigenvalue weighted by Gasteiger charge is 2.23. The Bertz CT molecular complexity index is 1030. The first-order valence-corrected chi connectivity index (χ1v) is 11.4. The first-order valence-electron chi connectivity index (χ1n) is 11.4. The molecule has 1 unspecified atom stereocenters. The van der Waals surface area contributed by atoms with Gasteiger partial charge in [-0.25, -0.2) is 4.79 Å². The molecule has 0 aliphatic carbocycles. The van der Waals surface area contributed by atoms with Crippen molar-refractivity contribution < 1.29 is 23.8 Å². The van der Waals surface area contributed by atoms with Crippen molar-refractivity contribution in [2.24, 2.45) is 0 Å². The van der Waals surface area contributed by atoms with E-state index in [1.54, 1.807) is 14.1 Å². The standard InChI is InChI=1S/C28H33NO5/c1-21-11-14-26(19-24(21)20-27(28(30)31-4)34-29(2)3)33-18-8-17-32-25-15-12-23(13-16-25)22-9-6-5-7-10-22/h5-7,9-16,19,27H,8,17-18,20H2,1-4H3. The maximum Gasteiger partial charge on any atom is 0.337 e. The van der Waals surface area contributed by atoms with Gasteiger partial charge in [-0.3, -0.25) is 4.84 Å². The maximum atomic E-state index is 12.1. The summed E-state index contributed by atoms with van der Waals surface area (Å²) in [7, 11) is 4.84. The molecule has 3 rings (SSSR count). The summed E-state index contributed by atoms with van der Waals surface area (Å²) in [6, 6.07) is 24.2. The molecule has 0 spiro atoms. The van der Waals surface area contributed by atoms with E-state index in [4.69, 9.17) is 19.0 Å². The normalized spacial score (nSPS) is 11.8. The van der Waals surface area contributed by atoms with Crippen molar-refractivity contribution in [3.63, 3.8) is 0 Å². The summed E-state index contributed by atoms with van der Waals surface area (Å²) in [5.41, 5.74) is 4.39. The van der Waals surface area contributed by atoms with Crippen LogP contribution in [0.25, 0.3) is 11.1 Å². The first kappa shape index (κ1) is 25.3. The van der Waals surface area contributed by atoms with Gasteiger partial charge in [0.1, 0.15) is 11.5 Å². The van der Waals surface area contributed by atoms with Crippen LogP contribution in [0.15, 0.2) is 72.8 Å². The fraction of sp³-hybridized carbons (Fsp3) is 0.321. The Hall–Kier alpha value is -3.35. The molecule has 6 heteroatoms. The lowest BCUT2D eigenvalue weighted by Gasteiger charge is -2.20. The number of ether oxygens (including phenoxy) is 3. The molecule has 0 fully saturated rings. The molecule has 0 N–H and O–H groups in total. The smallest absolute Gasteiger partial charge is 0.337 e. The summed E-state index contributed by atoms with van der Waals surface area (Å²) in [6.45, 7) is 3.09. The molecule has 180 valence electrons. The second-order valence-corrected chi connectivity index (χ2v) is 8.16. The summed E-state index contributed by atoms with van der Waals surface area (Å²) in [5, 5.41) is 1.51. The fourth-order valence-electron chi connectivity index (χ4n) is 3.52. The Morgan fingerprint density at radius 3 is 2.12 bits per heavy atom. The second-order valence-electron chi connectivity index (χ2n) is 8.16. The van der Waals surface area contributed by atoms with Crippen LogP contribution in [0.5, 0.6) is 11.5 Å². The van der Waals surface area contributed by atoms with Gasteiger partial charge in [-0.2, -0.15) is 5.06 Å². The van der Waals surface area contributed by atoms with Crippen LogP contribution in [0, 0.1) is 6.92 Å². The fourth-order valence-corrected chi connectivity index (χ4v) is 3.52. The first-order chi connectivity index (χ1) is 16.5. The predicted molar refractivity (Wildman–Crippen MR) is 133 cm³/mol. The van der Waals surface area contributed by atoms with Crippen molar-refractivity contribution in [1.29, 1.82) is 0 Å². The van der Waals surface area contributed by atoms with Crippen molar-refractivity contribution in [2.75, 3.05) is 34.4 Å². The molecule has 0 aliphatic heterocycles. The van der Waals surface area contributed by atoms with Gasteiger partial charge < -0.3 is 14.2 Å². The third-order valence-electron chi connectivity index (χ3n) is 5.32. The van der Waals surface area contributed by atoms with Gasteiger partial charge in [-0.1, -0.05) is 48.5 Å². The monoisotopic (exact) mass is 463 g/mol. The zero-order valence-electron chi connectivity index (χ0n) is 20.3. The summed E-state index contributed by atoms with van der Waals surface area (Å²) in [6.07, 6.45) is 0.435. The number of aryl methyl sites for hydroxylation is 1. The molecule has 0 amide bonds. The highest BCUT2D eigenvalue weighted by Crippen LogP contribution is 2.23. The van der Waals surface area contributed by atoms with Crippen LogP contribution in [-0.2, 0) is 20.8 Å². The Labute approximate surface area is 202 Å². The van der Waals surface area contributed by atoms with E-state index in [0.717, 1.165) is 34.6 Å². The summed E-state index contributed by atoms with van der Waals surface area (Å²) >= 11 is 0. The number of hydrogen-bond acceptors (Lipinski definition) is 6. The highest BCUT2D eigenvalue weighted by molar-refractivity contribution is 5.75. The molecule has 0 aliphatic rings. The Kier molecular flexibility index (Phi) is 9.50. The van der Waals surface area contributed by atoms with Crippen LogP contribution >= 0.6 is 0 Å². The minimum absolute atomic E-state index is 0.399. The number of rotatable bonds is 12. The van der Waals surface area contributed by atoms with Crippen LogP contribution in [-0.4, -0.2) is 51.6 Å². The van der Waals surface area contributed by atoms with Crippen molar-refractivity contribution in [1.82, 2.24) is 5.06 Å². The Balaban J connectivity index is 1.47. The number of hydroxylamine groups is 2. The minimum atomic E-state index is -0.712. The Morgan fingerprint density at radius 2 is 1.47 bits per heavy atom. The highest BCUT2D eigenvalue weighted by atomic mass is 16.7. The molecule has 1 atom stereocenters. The number of esters is 1. The number of carbonyl (C=O) groups is 1. The molecule has 0 heterocycles. The molecule has 34 heavy (non-hydrogen) atoms. The van der Waals surface area contributed by atoms with Crippen LogP contribution < -0.4 is 9.47 Å². The van der Waals surface area contributed by atoms with Gasteiger partial charge >= 0.3 is 5.97 Å². The van der Waals surface area contributed by atoms with Gasteiger partial charge in [0.05, 0.1) is 20.3 Å². The molecule has 0 aromatic heterocycles. The van der Waals surface area contributed by atoms with E-state index < -0.39 is 12.1 Å². The molecular weight excluding hydrogens is 430 g/mol. The number of nitrogens with zero attached hydrogens (tertiary/aromatic N) is 1. The summed E-state index contributed by atoms with van der Waals surface area (Å²) in [5.74, 6) is 1.18. The van der Waals surface area contributed by atoms with Crippen molar-refractivity contribution >= 4 is 5.97 Å². The SMILES string of the molecule is COC(=O)C(Cc1cc(OCCCOc2ccc(-c3ccccc3)cc2)ccc1C)ON(C)C. The zero-order valence-corrected chi connectivity index (χ0v) is 20.3. The molecular formula is C28H33NO5. The molecule has 0 radical (unpaired) electrons. The second kappa shape index (κ2) is 12.8. The third kappa shape index (κ3) is 7.61. The van der Waals surface area contributed by atoms with Crippen LogP contribution in [0.3, 0.4) is 0 Å². The number of carbonyl (C=O) groups excluding carboxylic acids is 1. The summed E-state index contributed by atoms with van der Waals surface area (Å²) < 4.78 is 16.6. The summed E-state index contributed by atoms with van der Waals surface area (Å²) in [4.78, 5) is 17.7. The third-order valence-corrected chi connectivity index (χ3v) is 5.32. The molecule has 0 saturated heterocycles. The van der Waals surface area contributed by atoms with Crippen molar-refractivity contribution in [3.05, 3.63) is 83.9 Å². The minimum Gasteiger partial charge on any atom is -0.493 e. The van der Waals surface area contributed by atoms with Gasteiger partial charge in [0.2, 0.25) is 0 Å². The van der Waals surface area contributed by atoms with Crippen LogP contribution in [0.1, 0.15) is 17.5 Å². The van der Waals surface area contributed by atoms with E-state index >= 15 is 0 Å². The van der Waals surface area contributed by atoms with Crippen LogP contribution in [0.2, 0.25) is 0 Å². The molecule has 3 aromatic rings.